The minimum atomic E-state index is -3.78. The zero-order chi connectivity index (χ0) is 22.7. The van der Waals surface area contributed by atoms with Gasteiger partial charge in [0.05, 0.1) is 17.9 Å². The van der Waals surface area contributed by atoms with Crippen molar-refractivity contribution in [2.45, 2.75) is 24.7 Å². The van der Waals surface area contributed by atoms with E-state index in [-0.39, 0.29) is 23.7 Å². The molecule has 0 radical (unpaired) electrons. The van der Waals surface area contributed by atoms with Crippen LogP contribution in [0.2, 0.25) is 0 Å². The van der Waals surface area contributed by atoms with Crippen LogP contribution in [0.5, 0.6) is 5.75 Å². The Morgan fingerprint density at radius 1 is 1.00 bits per heavy atom. The summed E-state index contributed by atoms with van der Waals surface area (Å²) in [5, 5.41) is 2.58. The maximum Gasteiger partial charge on any atom is 0.307 e. The van der Waals surface area contributed by atoms with Crippen LogP contribution in [0.3, 0.4) is 0 Å². The van der Waals surface area contributed by atoms with Gasteiger partial charge in [-0.1, -0.05) is 12.1 Å². The highest BCUT2D eigenvalue weighted by molar-refractivity contribution is 7.89. The van der Waals surface area contributed by atoms with Crippen molar-refractivity contribution in [3.05, 3.63) is 59.9 Å². The Bertz CT molecular complexity index is 962. The number of carbonyl (C=O) groups excluding carboxylic acids is 2. The summed E-state index contributed by atoms with van der Waals surface area (Å²) in [6, 6.07) is 11.8. The van der Waals surface area contributed by atoms with Crippen molar-refractivity contribution in [1.29, 1.82) is 0 Å². The Labute approximate surface area is 180 Å². The lowest BCUT2D eigenvalue weighted by molar-refractivity contribution is -0.148. The molecule has 0 saturated carbocycles. The van der Waals surface area contributed by atoms with Gasteiger partial charge in [0.25, 0.3) is 5.91 Å². The maximum absolute atomic E-state index is 12.8. The van der Waals surface area contributed by atoms with Gasteiger partial charge in [0, 0.05) is 13.1 Å². The van der Waals surface area contributed by atoms with Crippen molar-refractivity contribution < 1.29 is 31.9 Å². The molecule has 2 rings (SSSR count). The Balaban J connectivity index is 1.64. The van der Waals surface area contributed by atoms with Crippen LogP contribution in [0.25, 0.3) is 0 Å². The molecule has 0 heterocycles. The van der Waals surface area contributed by atoms with E-state index in [1.807, 2.05) is 6.92 Å². The van der Waals surface area contributed by atoms with E-state index in [4.69, 9.17) is 9.47 Å². The highest BCUT2D eigenvalue weighted by atomic mass is 32.2. The van der Waals surface area contributed by atoms with E-state index in [1.54, 1.807) is 24.3 Å². The Morgan fingerprint density at radius 3 is 2.32 bits per heavy atom. The molecule has 0 aliphatic rings. The van der Waals surface area contributed by atoms with E-state index in [1.165, 1.54) is 24.3 Å². The number of esters is 1. The van der Waals surface area contributed by atoms with Crippen molar-refractivity contribution >= 4 is 21.9 Å². The van der Waals surface area contributed by atoms with E-state index in [9.17, 15) is 22.4 Å². The number of halogens is 1. The third-order valence-corrected chi connectivity index (χ3v) is 5.56. The average Bonchev–Trinajstić information content (AvgIpc) is 2.74. The third-order valence-electron chi connectivity index (χ3n) is 4.08. The molecule has 2 aromatic rings. The second-order valence-electron chi connectivity index (χ2n) is 6.44. The van der Waals surface area contributed by atoms with E-state index in [0.717, 1.165) is 5.56 Å². The Hall–Kier alpha value is -2.98. The molecular formula is C21H25FN2O6S. The predicted molar refractivity (Wildman–Crippen MR) is 111 cm³/mol. The van der Waals surface area contributed by atoms with E-state index < -0.39 is 28.5 Å². The van der Waals surface area contributed by atoms with Gasteiger partial charge in [0.15, 0.2) is 6.61 Å². The van der Waals surface area contributed by atoms with Crippen LogP contribution in [-0.4, -0.2) is 46.6 Å². The van der Waals surface area contributed by atoms with Gasteiger partial charge in [0.1, 0.15) is 11.6 Å². The Morgan fingerprint density at radius 2 is 1.68 bits per heavy atom. The molecule has 0 aliphatic heterocycles. The Kier molecular flexibility index (Phi) is 9.41. The van der Waals surface area contributed by atoms with Crippen LogP contribution in [-0.2, 0) is 30.8 Å². The molecule has 168 valence electrons. The first-order chi connectivity index (χ1) is 14.8. The largest absolute Gasteiger partial charge is 0.494 e. The van der Waals surface area contributed by atoms with Gasteiger partial charge < -0.3 is 14.8 Å². The highest BCUT2D eigenvalue weighted by Gasteiger charge is 2.15. The van der Waals surface area contributed by atoms with E-state index in [2.05, 4.69) is 10.0 Å². The third kappa shape index (κ3) is 8.73. The van der Waals surface area contributed by atoms with Gasteiger partial charge in [0.2, 0.25) is 10.0 Å². The number of rotatable bonds is 12. The van der Waals surface area contributed by atoms with Crippen LogP contribution >= 0.6 is 0 Å². The number of hydrogen-bond donors (Lipinski definition) is 2. The van der Waals surface area contributed by atoms with Crippen LogP contribution in [0, 0.1) is 5.82 Å². The molecule has 0 bridgehead atoms. The predicted octanol–water partition coefficient (Wildman–Crippen LogP) is 1.79. The average molecular weight is 453 g/mol. The van der Waals surface area contributed by atoms with Crippen LogP contribution < -0.4 is 14.8 Å². The van der Waals surface area contributed by atoms with Crippen LogP contribution in [0.4, 0.5) is 4.39 Å². The monoisotopic (exact) mass is 452 g/mol. The number of sulfonamides is 1. The summed E-state index contributed by atoms with van der Waals surface area (Å²) in [6.45, 7) is 1.97. The molecule has 0 atom stereocenters. The van der Waals surface area contributed by atoms with Gasteiger partial charge in [-0.25, -0.2) is 17.5 Å². The molecule has 0 aliphatic carbocycles. The summed E-state index contributed by atoms with van der Waals surface area (Å²) in [5.74, 6) is -0.962. The highest BCUT2D eigenvalue weighted by Crippen LogP contribution is 2.15. The van der Waals surface area contributed by atoms with Crippen LogP contribution in [0.15, 0.2) is 53.4 Å². The molecule has 2 N–H and O–H groups in total. The topological polar surface area (TPSA) is 111 Å². The lowest BCUT2D eigenvalue weighted by atomic mass is 10.1. The molecule has 0 saturated heterocycles. The summed E-state index contributed by atoms with van der Waals surface area (Å²) in [4.78, 5) is 23.5. The quantitative estimate of drug-likeness (QED) is 0.475. The fourth-order valence-electron chi connectivity index (χ4n) is 2.52. The van der Waals surface area contributed by atoms with Crippen molar-refractivity contribution in [3.63, 3.8) is 0 Å². The fraction of sp³-hybridized carbons (Fsp3) is 0.333. The van der Waals surface area contributed by atoms with Crippen molar-refractivity contribution in [2.75, 3.05) is 26.3 Å². The molecule has 10 heteroatoms. The van der Waals surface area contributed by atoms with Gasteiger partial charge in [-0.05, 0) is 55.3 Å². The van der Waals surface area contributed by atoms with Crippen molar-refractivity contribution in [1.82, 2.24) is 10.0 Å². The smallest absolute Gasteiger partial charge is 0.307 e. The molecular weight excluding hydrogens is 427 g/mol. The molecule has 1 amide bonds. The van der Waals surface area contributed by atoms with E-state index in [0.29, 0.717) is 25.3 Å². The van der Waals surface area contributed by atoms with Gasteiger partial charge in [-0.15, -0.1) is 0 Å². The van der Waals surface area contributed by atoms with Crippen LogP contribution in [0.1, 0.15) is 18.9 Å². The molecule has 0 fully saturated rings. The second kappa shape index (κ2) is 12.0. The minimum absolute atomic E-state index is 0.0462. The number of amides is 1. The minimum Gasteiger partial charge on any atom is -0.494 e. The zero-order valence-corrected chi connectivity index (χ0v) is 17.9. The summed E-state index contributed by atoms with van der Waals surface area (Å²) < 4.78 is 49.7. The summed E-state index contributed by atoms with van der Waals surface area (Å²) in [5.41, 5.74) is 0.860. The lowest BCUT2D eigenvalue weighted by Crippen LogP contribution is -2.31. The standard InChI is InChI=1S/C21H25FN2O6S/c1-2-29-18-7-9-19(10-8-18)31(27,28)24-14-12-21(26)30-15-20(25)23-13-11-16-3-5-17(22)6-4-16/h3-10,24H,2,11-15H2,1H3,(H,23,25). The summed E-state index contributed by atoms with van der Waals surface area (Å²) in [6.07, 6.45) is 0.284. The number of carbonyl (C=O) groups is 2. The zero-order valence-electron chi connectivity index (χ0n) is 17.1. The van der Waals surface area contributed by atoms with Gasteiger partial charge in [-0.3, -0.25) is 9.59 Å². The fourth-order valence-corrected chi connectivity index (χ4v) is 3.55. The SMILES string of the molecule is CCOc1ccc(S(=O)(=O)NCCC(=O)OCC(=O)NCCc2ccc(F)cc2)cc1. The molecule has 0 unspecified atom stereocenters. The van der Waals surface area contributed by atoms with Gasteiger partial charge >= 0.3 is 5.97 Å². The summed E-state index contributed by atoms with van der Waals surface area (Å²) >= 11 is 0. The first-order valence-corrected chi connectivity index (χ1v) is 11.2. The number of nitrogens with one attached hydrogen (secondary N) is 2. The molecule has 0 aromatic heterocycles. The van der Waals surface area contributed by atoms with E-state index >= 15 is 0 Å². The molecule has 8 nitrogen and oxygen atoms in total. The molecule has 0 spiro atoms. The van der Waals surface area contributed by atoms with Crippen molar-refractivity contribution in [3.8, 4) is 5.75 Å². The molecule has 31 heavy (non-hydrogen) atoms. The first-order valence-electron chi connectivity index (χ1n) is 9.69. The normalized spacial score (nSPS) is 11.0. The van der Waals surface area contributed by atoms with Gasteiger partial charge in [-0.2, -0.15) is 0 Å². The summed E-state index contributed by atoms with van der Waals surface area (Å²) in [7, 11) is -3.78. The maximum atomic E-state index is 12.8. The molecule has 2 aromatic carbocycles. The number of ether oxygens (including phenoxy) is 2. The van der Waals surface area contributed by atoms with Crippen molar-refractivity contribution in [2.24, 2.45) is 0 Å². The second-order valence-corrected chi connectivity index (χ2v) is 8.21. The number of hydrogen-bond acceptors (Lipinski definition) is 6. The lowest BCUT2D eigenvalue weighted by Gasteiger charge is -2.09. The number of benzene rings is 2. The first kappa shape index (κ1) is 24.3.